The van der Waals surface area contributed by atoms with Crippen LogP contribution < -0.4 is 11.1 Å². The maximum Gasteiger partial charge on any atom is 0.354 e. The van der Waals surface area contributed by atoms with E-state index in [1.807, 2.05) is 12.1 Å². The van der Waals surface area contributed by atoms with E-state index < -0.39 is 5.97 Å². The van der Waals surface area contributed by atoms with Crippen molar-refractivity contribution < 1.29 is 9.90 Å². The molecule has 94 valence electrons. The normalized spacial score (nSPS) is 10.3. The van der Waals surface area contributed by atoms with Crippen molar-refractivity contribution in [2.24, 2.45) is 0 Å². The maximum absolute atomic E-state index is 10.8. The summed E-state index contributed by atoms with van der Waals surface area (Å²) in [7, 11) is 0. The van der Waals surface area contributed by atoms with E-state index in [1.165, 1.54) is 12.1 Å². The molecule has 0 saturated heterocycles. The summed E-state index contributed by atoms with van der Waals surface area (Å²) in [5, 5.41) is 11.9. The molecule has 2 aromatic heterocycles. The zero-order valence-electron chi connectivity index (χ0n) is 9.18. The van der Waals surface area contributed by atoms with Gasteiger partial charge in [0.05, 0.1) is 16.0 Å². The topological polar surface area (TPSA) is 88.2 Å². The molecule has 0 aromatic carbocycles. The van der Waals surface area contributed by atoms with Gasteiger partial charge >= 0.3 is 5.97 Å². The number of nitrogens with zero attached hydrogens (tertiary/aromatic N) is 1. The van der Waals surface area contributed by atoms with E-state index in [-0.39, 0.29) is 5.69 Å². The molecule has 0 aliphatic rings. The van der Waals surface area contributed by atoms with Gasteiger partial charge in [0.1, 0.15) is 0 Å². The molecule has 7 heteroatoms. The number of hydrogen-bond donors (Lipinski definition) is 3. The first-order valence-electron chi connectivity index (χ1n) is 5.04. The summed E-state index contributed by atoms with van der Waals surface area (Å²) in [6, 6.07) is 6.83. The van der Waals surface area contributed by atoms with Crippen molar-refractivity contribution in [1.82, 2.24) is 4.98 Å². The van der Waals surface area contributed by atoms with Crippen LogP contribution in [0.1, 0.15) is 15.4 Å². The van der Waals surface area contributed by atoms with Gasteiger partial charge in [-0.2, -0.15) is 0 Å². The van der Waals surface area contributed by atoms with Crippen LogP contribution in [0.3, 0.4) is 0 Å². The first-order chi connectivity index (χ1) is 8.56. The first kappa shape index (κ1) is 12.8. The Kier molecular flexibility index (Phi) is 3.83. The van der Waals surface area contributed by atoms with Crippen molar-refractivity contribution in [3.8, 4) is 0 Å². The number of hydrogen-bond acceptors (Lipinski definition) is 5. The molecule has 0 radical (unpaired) electrons. The van der Waals surface area contributed by atoms with Crippen LogP contribution in [-0.4, -0.2) is 16.1 Å². The molecule has 0 aliphatic carbocycles. The lowest BCUT2D eigenvalue weighted by Crippen LogP contribution is -2.08. The molecule has 0 bridgehead atoms. The number of aromatic nitrogens is 1. The number of thiophene rings is 1. The standard InChI is InChI=1S/C11H10BrN3O2S/c12-9-4-1-6(18-9)5-14-10-7(13)2-3-8(15-10)11(16)17/h1-4H,5,13H2,(H,14,15)(H,16,17). The van der Waals surface area contributed by atoms with Crippen molar-refractivity contribution in [1.29, 1.82) is 0 Å². The molecule has 18 heavy (non-hydrogen) atoms. The molecule has 2 aromatic rings. The Morgan fingerprint density at radius 2 is 2.22 bits per heavy atom. The fourth-order valence-corrected chi connectivity index (χ4v) is 2.77. The van der Waals surface area contributed by atoms with Gasteiger partial charge in [0.2, 0.25) is 0 Å². The van der Waals surface area contributed by atoms with Gasteiger partial charge in [-0.15, -0.1) is 11.3 Å². The Bertz CT molecular complexity index is 585. The minimum atomic E-state index is -1.07. The number of carboxylic acid groups (broad SMARTS) is 1. The minimum absolute atomic E-state index is 0.0286. The highest BCUT2D eigenvalue weighted by Crippen LogP contribution is 2.23. The van der Waals surface area contributed by atoms with Gasteiger partial charge in [-0.3, -0.25) is 0 Å². The van der Waals surface area contributed by atoms with E-state index in [4.69, 9.17) is 10.8 Å². The molecule has 2 heterocycles. The van der Waals surface area contributed by atoms with Crippen molar-refractivity contribution in [3.63, 3.8) is 0 Å². The number of nitrogens with one attached hydrogen (secondary N) is 1. The molecule has 0 aliphatic heterocycles. The van der Waals surface area contributed by atoms with Crippen LogP contribution in [0.15, 0.2) is 28.1 Å². The molecular formula is C11H10BrN3O2S. The lowest BCUT2D eigenvalue weighted by atomic mass is 10.3. The van der Waals surface area contributed by atoms with Gasteiger partial charge in [-0.05, 0) is 40.2 Å². The molecule has 0 unspecified atom stereocenters. The second-order valence-electron chi connectivity index (χ2n) is 3.50. The predicted molar refractivity (Wildman–Crippen MR) is 75.0 cm³/mol. The Balaban J connectivity index is 2.13. The summed E-state index contributed by atoms with van der Waals surface area (Å²) in [4.78, 5) is 15.9. The molecule has 4 N–H and O–H groups in total. The van der Waals surface area contributed by atoms with Gasteiger partial charge in [-0.25, -0.2) is 9.78 Å². The minimum Gasteiger partial charge on any atom is -0.477 e. The number of pyridine rings is 1. The number of carboxylic acids is 1. The van der Waals surface area contributed by atoms with Gasteiger partial charge in [0.15, 0.2) is 11.5 Å². The summed E-state index contributed by atoms with van der Waals surface area (Å²) in [5.41, 5.74) is 6.13. The van der Waals surface area contributed by atoms with Crippen LogP contribution >= 0.6 is 27.3 Å². The molecule has 5 nitrogen and oxygen atoms in total. The highest BCUT2D eigenvalue weighted by Gasteiger charge is 2.08. The van der Waals surface area contributed by atoms with Gasteiger partial charge in [-0.1, -0.05) is 0 Å². The predicted octanol–water partition coefficient (Wildman–Crippen LogP) is 2.80. The van der Waals surface area contributed by atoms with E-state index >= 15 is 0 Å². The van der Waals surface area contributed by atoms with Gasteiger partial charge in [0.25, 0.3) is 0 Å². The van der Waals surface area contributed by atoms with Crippen molar-refractivity contribution in [3.05, 3.63) is 38.6 Å². The Morgan fingerprint density at radius 1 is 1.44 bits per heavy atom. The van der Waals surface area contributed by atoms with Crippen LogP contribution in [0.4, 0.5) is 11.5 Å². The lowest BCUT2D eigenvalue weighted by molar-refractivity contribution is 0.0690. The number of aromatic carboxylic acids is 1. The fraction of sp³-hybridized carbons (Fsp3) is 0.0909. The largest absolute Gasteiger partial charge is 0.477 e. The van der Waals surface area contributed by atoms with E-state index in [0.29, 0.717) is 18.1 Å². The van der Waals surface area contributed by atoms with Crippen molar-refractivity contribution in [2.45, 2.75) is 6.54 Å². The third-order valence-corrected chi connectivity index (χ3v) is 3.83. The van der Waals surface area contributed by atoms with Crippen LogP contribution in [-0.2, 0) is 6.54 Å². The number of rotatable bonds is 4. The molecule has 0 saturated carbocycles. The van der Waals surface area contributed by atoms with Crippen LogP contribution in [0, 0.1) is 0 Å². The highest BCUT2D eigenvalue weighted by atomic mass is 79.9. The molecule has 2 rings (SSSR count). The zero-order valence-corrected chi connectivity index (χ0v) is 11.6. The molecular weight excluding hydrogens is 318 g/mol. The van der Waals surface area contributed by atoms with Gasteiger partial charge in [0, 0.05) is 4.88 Å². The smallest absolute Gasteiger partial charge is 0.354 e. The Morgan fingerprint density at radius 3 is 2.83 bits per heavy atom. The number of nitrogens with two attached hydrogens (primary N) is 1. The maximum atomic E-state index is 10.8. The number of anilines is 2. The van der Waals surface area contributed by atoms with Crippen molar-refractivity contribution in [2.75, 3.05) is 11.1 Å². The quantitative estimate of drug-likeness (QED) is 0.803. The summed E-state index contributed by atoms with van der Waals surface area (Å²) in [6.07, 6.45) is 0. The summed E-state index contributed by atoms with van der Waals surface area (Å²) in [6.45, 7) is 0.552. The van der Waals surface area contributed by atoms with E-state index in [0.717, 1.165) is 8.66 Å². The van der Waals surface area contributed by atoms with E-state index in [1.54, 1.807) is 11.3 Å². The number of halogens is 1. The van der Waals surface area contributed by atoms with Crippen LogP contribution in [0.2, 0.25) is 0 Å². The van der Waals surface area contributed by atoms with E-state index in [9.17, 15) is 4.79 Å². The Labute approximate surface area is 116 Å². The zero-order chi connectivity index (χ0) is 13.1. The second-order valence-corrected chi connectivity index (χ2v) is 6.05. The summed E-state index contributed by atoms with van der Waals surface area (Å²) in [5.74, 6) is -0.684. The van der Waals surface area contributed by atoms with Crippen LogP contribution in [0.5, 0.6) is 0 Å². The lowest BCUT2D eigenvalue weighted by Gasteiger charge is -2.07. The average molecular weight is 328 g/mol. The van der Waals surface area contributed by atoms with Crippen LogP contribution in [0.25, 0.3) is 0 Å². The third kappa shape index (κ3) is 2.99. The molecule has 0 atom stereocenters. The Hall–Kier alpha value is -1.60. The summed E-state index contributed by atoms with van der Waals surface area (Å²) < 4.78 is 1.04. The number of carbonyl (C=O) groups is 1. The monoisotopic (exact) mass is 327 g/mol. The SMILES string of the molecule is Nc1ccc(C(=O)O)nc1NCc1ccc(Br)s1. The molecule has 0 fully saturated rings. The number of nitrogen functional groups attached to an aromatic ring is 1. The third-order valence-electron chi connectivity index (χ3n) is 2.20. The van der Waals surface area contributed by atoms with Gasteiger partial charge < -0.3 is 16.2 Å². The first-order valence-corrected chi connectivity index (χ1v) is 6.65. The summed E-state index contributed by atoms with van der Waals surface area (Å²) >= 11 is 4.97. The second kappa shape index (κ2) is 5.36. The van der Waals surface area contributed by atoms with E-state index in [2.05, 4.69) is 26.2 Å². The highest BCUT2D eigenvalue weighted by molar-refractivity contribution is 9.11. The average Bonchev–Trinajstić information content (AvgIpc) is 2.74. The molecule has 0 spiro atoms. The molecule has 0 amide bonds. The van der Waals surface area contributed by atoms with Crippen molar-refractivity contribution >= 4 is 44.7 Å². The fourth-order valence-electron chi connectivity index (χ4n) is 1.35.